The molecule has 0 bridgehead atoms. The lowest BCUT2D eigenvalue weighted by molar-refractivity contribution is -0.172. The normalized spacial score (nSPS) is 32.4. The van der Waals surface area contributed by atoms with E-state index in [1.54, 1.807) is 0 Å². The zero-order chi connectivity index (χ0) is 9.80. The van der Waals surface area contributed by atoms with E-state index in [1.807, 2.05) is 0 Å². The van der Waals surface area contributed by atoms with Crippen molar-refractivity contribution in [1.29, 1.82) is 0 Å². The number of amides is 1. The summed E-state index contributed by atoms with van der Waals surface area (Å²) < 4.78 is 15.8. The van der Waals surface area contributed by atoms with Crippen LogP contribution >= 0.6 is 0 Å². The third-order valence-electron chi connectivity index (χ3n) is 2.35. The molecule has 2 atom stereocenters. The van der Waals surface area contributed by atoms with E-state index in [4.69, 9.17) is 14.2 Å². The summed E-state index contributed by atoms with van der Waals surface area (Å²) in [4.78, 5) is 10.7. The molecule has 2 aliphatic rings. The van der Waals surface area contributed by atoms with E-state index in [2.05, 4.69) is 5.32 Å². The van der Waals surface area contributed by atoms with Crippen molar-refractivity contribution in [3.05, 3.63) is 0 Å². The van der Waals surface area contributed by atoms with E-state index >= 15 is 0 Å². The number of nitrogens with one attached hydrogen (secondary N) is 1. The van der Waals surface area contributed by atoms with Crippen molar-refractivity contribution in [3.8, 4) is 0 Å². The Morgan fingerprint density at radius 1 is 1.50 bits per heavy atom. The van der Waals surface area contributed by atoms with Gasteiger partial charge in [0.2, 0.25) is 0 Å². The number of hydrogen-bond acceptors (Lipinski definition) is 4. The molecule has 1 N–H and O–H groups in total. The fourth-order valence-electron chi connectivity index (χ4n) is 1.58. The topological polar surface area (TPSA) is 56.8 Å². The smallest absolute Gasteiger partial charge is 0.407 e. The van der Waals surface area contributed by atoms with Gasteiger partial charge in [-0.1, -0.05) is 0 Å². The summed E-state index contributed by atoms with van der Waals surface area (Å²) in [6.45, 7) is 1.72. The van der Waals surface area contributed by atoms with Gasteiger partial charge >= 0.3 is 6.09 Å². The molecular weight excluding hydrogens is 186 g/mol. The Bertz CT molecular complexity index is 203. The van der Waals surface area contributed by atoms with E-state index in [0.717, 1.165) is 25.9 Å². The summed E-state index contributed by atoms with van der Waals surface area (Å²) >= 11 is 0. The van der Waals surface area contributed by atoms with Gasteiger partial charge in [-0.15, -0.1) is 0 Å². The minimum Gasteiger partial charge on any atom is -0.442 e. The van der Waals surface area contributed by atoms with E-state index in [1.165, 1.54) is 0 Å². The molecule has 2 heterocycles. The first-order valence-corrected chi connectivity index (χ1v) is 5.02. The maximum absolute atomic E-state index is 10.7. The summed E-state index contributed by atoms with van der Waals surface area (Å²) in [7, 11) is 0. The van der Waals surface area contributed by atoms with Crippen molar-refractivity contribution >= 4 is 6.09 Å². The van der Waals surface area contributed by atoms with Crippen LogP contribution in [0.5, 0.6) is 0 Å². The first-order valence-electron chi connectivity index (χ1n) is 5.02. The fourth-order valence-corrected chi connectivity index (χ4v) is 1.58. The monoisotopic (exact) mass is 201 g/mol. The van der Waals surface area contributed by atoms with Crippen LogP contribution in [0.3, 0.4) is 0 Å². The Morgan fingerprint density at radius 2 is 2.43 bits per heavy atom. The number of carbonyl (C=O) groups excluding carboxylic acids is 1. The highest BCUT2D eigenvalue weighted by Crippen LogP contribution is 2.14. The molecule has 5 nitrogen and oxygen atoms in total. The molecule has 14 heavy (non-hydrogen) atoms. The minimum absolute atomic E-state index is 0.108. The molecule has 5 heteroatoms. The standard InChI is InChI=1S/C9H15NO4/c11-9-10-5-7(14-9)6-13-8-3-1-2-4-12-8/h7-8H,1-6H2,(H,10,11)/t7-,8?/m1/s1. The Hall–Kier alpha value is -0.810. The molecule has 2 aliphatic heterocycles. The van der Waals surface area contributed by atoms with Crippen LogP contribution in [-0.2, 0) is 14.2 Å². The molecule has 0 aromatic heterocycles. The van der Waals surface area contributed by atoms with E-state index in [-0.39, 0.29) is 18.5 Å². The van der Waals surface area contributed by atoms with Crippen molar-refractivity contribution in [1.82, 2.24) is 5.32 Å². The van der Waals surface area contributed by atoms with Crippen LogP contribution < -0.4 is 5.32 Å². The highest BCUT2D eigenvalue weighted by molar-refractivity contribution is 5.69. The second-order valence-electron chi connectivity index (χ2n) is 3.54. The predicted molar refractivity (Wildman–Crippen MR) is 47.8 cm³/mol. The first-order chi connectivity index (χ1) is 6.84. The molecule has 0 radical (unpaired) electrons. The van der Waals surface area contributed by atoms with Crippen LogP contribution in [0.4, 0.5) is 4.79 Å². The number of rotatable bonds is 3. The number of cyclic esters (lactones) is 1. The number of alkyl carbamates (subject to hydrolysis) is 1. The molecule has 0 aliphatic carbocycles. The first kappa shape index (κ1) is 9.73. The lowest BCUT2D eigenvalue weighted by Crippen LogP contribution is -2.28. The second kappa shape index (κ2) is 4.61. The van der Waals surface area contributed by atoms with Crippen LogP contribution in [-0.4, -0.2) is 38.2 Å². The molecule has 0 aromatic carbocycles. The summed E-state index contributed by atoms with van der Waals surface area (Å²) in [6.07, 6.45) is 2.57. The van der Waals surface area contributed by atoms with Crippen molar-refractivity contribution in [2.75, 3.05) is 19.8 Å². The van der Waals surface area contributed by atoms with Gasteiger partial charge in [0.25, 0.3) is 0 Å². The Kier molecular flexibility index (Phi) is 3.21. The van der Waals surface area contributed by atoms with Gasteiger partial charge in [0.05, 0.1) is 13.2 Å². The molecule has 0 spiro atoms. The fraction of sp³-hybridized carbons (Fsp3) is 0.889. The van der Waals surface area contributed by atoms with Gasteiger partial charge in [-0.2, -0.15) is 0 Å². The maximum Gasteiger partial charge on any atom is 0.407 e. The predicted octanol–water partition coefficient (Wildman–Crippen LogP) is 0.638. The Morgan fingerprint density at radius 3 is 3.07 bits per heavy atom. The van der Waals surface area contributed by atoms with Crippen molar-refractivity contribution < 1.29 is 19.0 Å². The molecule has 0 aromatic rings. The summed E-state index contributed by atoms with van der Waals surface area (Å²) in [6, 6.07) is 0. The Balaban J connectivity index is 1.63. The van der Waals surface area contributed by atoms with Crippen LogP contribution in [0.25, 0.3) is 0 Å². The number of hydrogen-bond donors (Lipinski definition) is 1. The quantitative estimate of drug-likeness (QED) is 0.728. The molecule has 1 amide bonds. The van der Waals surface area contributed by atoms with Crippen LogP contribution in [0.1, 0.15) is 19.3 Å². The maximum atomic E-state index is 10.7. The summed E-state index contributed by atoms with van der Waals surface area (Å²) in [5.74, 6) is 0. The lowest BCUT2D eigenvalue weighted by atomic mass is 10.2. The minimum atomic E-state index is -0.358. The average Bonchev–Trinajstić information content (AvgIpc) is 2.63. The second-order valence-corrected chi connectivity index (χ2v) is 3.54. The highest BCUT2D eigenvalue weighted by atomic mass is 16.7. The third kappa shape index (κ3) is 2.59. The molecule has 0 saturated carbocycles. The van der Waals surface area contributed by atoms with Crippen molar-refractivity contribution in [2.45, 2.75) is 31.7 Å². The van der Waals surface area contributed by atoms with Crippen LogP contribution in [0, 0.1) is 0 Å². The lowest BCUT2D eigenvalue weighted by Gasteiger charge is -2.23. The largest absolute Gasteiger partial charge is 0.442 e. The molecule has 2 saturated heterocycles. The van der Waals surface area contributed by atoms with Gasteiger partial charge in [-0.05, 0) is 19.3 Å². The Labute approximate surface area is 82.7 Å². The third-order valence-corrected chi connectivity index (χ3v) is 2.35. The van der Waals surface area contributed by atoms with E-state index in [0.29, 0.717) is 13.2 Å². The molecule has 2 fully saturated rings. The molecule has 2 rings (SSSR count). The summed E-state index contributed by atoms with van der Waals surface area (Å²) in [5, 5.41) is 2.58. The van der Waals surface area contributed by atoms with Crippen molar-refractivity contribution in [2.24, 2.45) is 0 Å². The zero-order valence-electron chi connectivity index (χ0n) is 8.03. The van der Waals surface area contributed by atoms with Gasteiger partial charge < -0.3 is 19.5 Å². The number of ether oxygens (including phenoxy) is 3. The van der Waals surface area contributed by atoms with Gasteiger partial charge in [-0.3, -0.25) is 0 Å². The van der Waals surface area contributed by atoms with Crippen molar-refractivity contribution in [3.63, 3.8) is 0 Å². The molecule has 1 unspecified atom stereocenters. The zero-order valence-corrected chi connectivity index (χ0v) is 8.03. The van der Waals surface area contributed by atoms with Gasteiger partial charge in [0, 0.05) is 6.61 Å². The highest BCUT2D eigenvalue weighted by Gasteiger charge is 2.24. The molecular formula is C9H15NO4. The van der Waals surface area contributed by atoms with Gasteiger partial charge in [0.15, 0.2) is 6.29 Å². The van der Waals surface area contributed by atoms with Crippen LogP contribution in [0.15, 0.2) is 0 Å². The average molecular weight is 201 g/mol. The SMILES string of the molecule is O=C1NC[C@H](COC2CCCCO2)O1. The number of carbonyl (C=O) groups is 1. The van der Waals surface area contributed by atoms with Gasteiger partial charge in [-0.25, -0.2) is 4.79 Å². The van der Waals surface area contributed by atoms with E-state index < -0.39 is 0 Å². The summed E-state index contributed by atoms with van der Waals surface area (Å²) in [5.41, 5.74) is 0. The van der Waals surface area contributed by atoms with E-state index in [9.17, 15) is 4.79 Å². The van der Waals surface area contributed by atoms with Gasteiger partial charge in [0.1, 0.15) is 6.10 Å². The molecule has 80 valence electrons. The van der Waals surface area contributed by atoms with Crippen LogP contribution in [0.2, 0.25) is 0 Å².